The van der Waals surface area contributed by atoms with Crippen molar-refractivity contribution in [3.8, 4) is 11.3 Å². The normalized spacial score (nSPS) is 10.4. The molecule has 1 aromatic carbocycles. The third kappa shape index (κ3) is 3.94. The highest BCUT2D eigenvalue weighted by Gasteiger charge is 2.06. The average molecular weight is 323 g/mol. The Morgan fingerprint density at radius 1 is 1.21 bits per heavy atom. The molecule has 19 heavy (non-hydrogen) atoms. The van der Waals surface area contributed by atoms with E-state index >= 15 is 0 Å². The Kier molecular flexibility index (Phi) is 4.76. The first kappa shape index (κ1) is 13.8. The van der Waals surface area contributed by atoms with Crippen LogP contribution in [-0.2, 0) is 11.3 Å². The first-order chi connectivity index (χ1) is 9.19. The second-order valence-corrected chi connectivity index (χ2v) is 5.00. The van der Waals surface area contributed by atoms with E-state index in [9.17, 15) is 4.79 Å². The molecule has 5 heteroatoms. The molecule has 4 nitrogen and oxygen atoms in total. The number of carbonyl (C=O) groups is 1. The summed E-state index contributed by atoms with van der Waals surface area (Å²) in [6.07, 6.45) is 0. The number of amides is 1. The van der Waals surface area contributed by atoms with E-state index in [-0.39, 0.29) is 5.91 Å². The molecule has 100 valence electrons. The molecule has 1 aromatic heterocycles. The minimum Gasteiger partial charge on any atom is -0.459 e. The molecule has 0 spiro atoms. The quantitative estimate of drug-likeness (QED) is 0.889. The number of nitrogens with one attached hydrogen (secondary N) is 2. The molecule has 2 aromatic rings. The fraction of sp³-hybridized carbons (Fsp3) is 0.214. The predicted molar refractivity (Wildman–Crippen MR) is 77.6 cm³/mol. The lowest BCUT2D eigenvalue weighted by molar-refractivity contribution is -0.120. The van der Waals surface area contributed by atoms with E-state index < -0.39 is 0 Å². The lowest BCUT2D eigenvalue weighted by Gasteiger charge is -2.02. The zero-order chi connectivity index (χ0) is 13.7. The van der Waals surface area contributed by atoms with Crippen LogP contribution in [0.1, 0.15) is 5.76 Å². The summed E-state index contributed by atoms with van der Waals surface area (Å²) in [6, 6.07) is 11.7. The summed E-state index contributed by atoms with van der Waals surface area (Å²) in [5.41, 5.74) is 1.01. The second kappa shape index (κ2) is 6.54. The van der Waals surface area contributed by atoms with Gasteiger partial charge in [-0.25, -0.2) is 0 Å². The van der Waals surface area contributed by atoms with Crippen molar-refractivity contribution in [2.24, 2.45) is 0 Å². The largest absolute Gasteiger partial charge is 0.459 e. The Hall–Kier alpha value is -1.59. The van der Waals surface area contributed by atoms with E-state index in [4.69, 9.17) is 4.42 Å². The second-order valence-electron chi connectivity index (χ2n) is 4.08. The number of benzene rings is 1. The van der Waals surface area contributed by atoms with Crippen LogP contribution >= 0.6 is 15.9 Å². The van der Waals surface area contributed by atoms with Gasteiger partial charge in [0.15, 0.2) is 0 Å². The van der Waals surface area contributed by atoms with E-state index in [1.807, 2.05) is 36.4 Å². The van der Waals surface area contributed by atoms with Gasteiger partial charge >= 0.3 is 0 Å². The van der Waals surface area contributed by atoms with Crippen molar-refractivity contribution in [3.63, 3.8) is 0 Å². The van der Waals surface area contributed by atoms with Gasteiger partial charge < -0.3 is 15.1 Å². The number of hydrogen-bond acceptors (Lipinski definition) is 3. The van der Waals surface area contributed by atoms with E-state index in [0.29, 0.717) is 13.1 Å². The van der Waals surface area contributed by atoms with Gasteiger partial charge in [0.1, 0.15) is 11.5 Å². The monoisotopic (exact) mass is 322 g/mol. The molecule has 0 atom stereocenters. The highest BCUT2D eigenvalue weighted by atomic mass is 79.9. The van der Waals surface area contributed by atoms with Crippen LogP contribution in [0.15, 0.2) is 45.3 Å². The molecular weight excluding hydrogens is 308 g/mol. The highest BCUT2D eigenvalue weighted by Crippen LogP contribution is 2.23. The minimum atomic E-state index is -0.0518. The molecule has 2 N–H and O–H groups in total. The molecular formula is C14H15BrN2O2. The van der Waals surface area contributed by atoms with Gasteiger partial charge in [-0.1, -0.05) is 28.1 Å². The lowest BCUT2D eigenvalue weighted by Crippen LogP contribution is -2.31. The number of rotatable bonds is 5. The summed E-state index contributed by atoms with van der Waals surface area (Å²) in [6.45, 7) is 0.706. The van der Waals surface area contributed by atoms with Crippen LogP contribution in [0, 0.1) is 0 Å². The van der Waals surface area contributed by atoms with Gasteiger partial charge in [-0.2, -0.15) is 0 Å². The SMILES string of the molecule is CNCC(=O)NCc1ccc(-c2ccc(Br)cc2)o1. The number of furan rings is 1. The van der Waals surface area contributed by atoms with Gasteiger partial charge in [0, 0.05) is 10.0 Å². The number of hydrogen-bond donors (Lipinski definition) is 2. The van der Waals surface area contributed by atoms with Crippen LogP contribution in [0.4, 0.5) is 0 Å². The fourth-order valence-electron chi connectivity index (χ4n) is 1.65. The Labute approximate surface area is 120 Å². The van der Waals surface area contributed by atoms with E-state index in [1.165, 1.54) is 0 Å². The first-order valence-electron chi connectivity index (χ1n) is 5.95. The van der Waals surface area contributed by atoms with Gasteiger partial charge in [0.05, 0.1) is 13.1 Å². The maximum absolute atomic E-state index is 11.3. The molecule has 0 radical (unpaired) electrons. The van der Waals surface area contributed by atoms with Crippen molar-refractivity contribution in [3.05, 3.63) is 46.6 Å². The molecule has 0 fully saturated rings. The zero-order valence-corrected chi connectivity index (χ0v) is 12.2. The van der Waals surface area contributed by atoms with Crippen LogP contribution in [0.25, 0.3) is 11.3 Å². The molecule has 1 amide bonds. The number of likely N-dealkylation sites (N-methyl/N-ethyl adjacent to an activating group) is 1. The van der Waals surface area contributed by atoms with E-state index in [1.54, 1.807) is 7.05 Å². The topological polar surface area (TPSA) is 54.3 Å². The van der Waals surface area contributed by atoms with Crippen LogP contribution in [0.2, 0.25) is 0 Å². The van der Waals surface area contributed by atoms with E-state index in [0.717, 1.165) is 21.6 Å². The van der Waals surface area contributed by atoms with Crippen molar-refractivity contribution in [2.75, 3.05) is 13.6 Å². The third-order valence-corrected chi connectivity index (χ3v) is 3.12. The van der Waals surface area contributed by atoms with Crippen LogP contribution < -0.4 is 10.6 Å². The van der Waals surface area contributed by atoms with E-state index in [2.05, 4.69) is 26.6 Å². The summed E-state index contributed by atoms with van der Waals surface area (Å²) < 4.78 is 6.72. The molecule has 0 bridgehead atoms. The Morgan fingerprint density at radius 3 is 2.63 bits per heavy atom. The summed E-state index contributed by atoms with van der Waals surface area (Å²) in [5.74, 6) is 1.48. The fourth-order valence-corrected chi connectivity index (χ4v) is 1.92. The molecule has 0 aliphatic carbocycles. The third-order valence-electron chi connectivity index (χ3n) is 2.59. The lowest BCUT2D eigenvalue weighted by atomic mass is 10.2. The van der Waals surface area contributed by atoms with Crippen LogP contribution in [0.5, 0.6) is 0 Å². The smallest absolute Gasteiger partial charge is 0.234 e. The summed E-state index contributed by atoms with van der Waals surface area (Å²) in [4.78, 5) is 11.3. The first-order valence-corrected chi connectivity index (χ1v) is 6.74. The summed E-state index contributed by atoms with van der Waals surface area (Å²) >= 11 is 3.39. The Morgan fingerprint density at radius 2 is 1.95 bits per heavy atom. The molecule has 2 rings (SSSR count). The molecule has 0 aliphatic heterocycles. The van der Waals surface area contributed by atoms with Crippen LogP contribution in [-0.4, -0.2) is 19.5 Å². The highest BCUT2D eigenvalue weighted by molar-refractivity contribution is 9.10. The predicted octanol–water partition coefficient (Wildman–Crippen LogP) is 2.54. The summed E-state index contributed by atoms with van der Waals surface area (Å²) in [7, 11) is 1.73. The average Bonchev–Trinajstić information content (AvgIpc) is 2.86. The van der Waals surface area contributed by atoms with Crippen molar-refractivity contribution in [1.82, 2.24) is 10.6 Å². The van der Waals surface area contributed by atoms with Gasteiger partial charge in [0.2, 0.25) is 5.91 Å². The van der Waals surface area contributed by atoms with Gasteiger partial charge in [-0.3, -0.25) is 4.79 Å². The van der Waals surface area contributed by atoms with Gasteiger partial charge in [-0.05, 0) is 31.3 Å². The van der Waals surface area contributed by atoms with Gasteiger partial charge in [-0.15, -0.1) is 0 Å². The summed E-state index contributed by atoms with van der Waals surface area (Å²) in [5, 5.41) is 5.56. The standard InChI is InChI=1S/C14H15BrN2O2/c1-16-9-14(18)17-8-12-6-7-13(19-12)10-2-4-11(15)5-3-10/h2-7,16H,8-9H2,1H3,(H,17,18). The van der Waals surface area contributed by atoms with Crippen molar-refractivity contribution in [2.45, 2.75) is 6.54 Å². The van der Waals surface area contributed by atoms with Crippen molar-refractivity contribution in [1.29, 1.82) is 0 Å². The Bertz CT molecular complexity index is 549. The minimum absolute atomic E-state index is 0.0518. The molecule has 0 saturated heterocycles. The maximum Gasteiger partial charge on any atom is 0.234 e. The maximum atomic E-state index is 11.3. The molecule has 1 heterocycles. The van der Waals surface area contributed by atoms with Crippen molar-refractivity contribution < 1.29 is 9.21 Å². The molecule has 0 aliphatic rings. The van der Waals surface area contributed by atoms with Gasteiger partial charge in [0.25, 0.3) is 0 Å². The number of halogens is 1. The number of carbonyl (C=O) groups excluding carboxylic acids is 1. The molecule has 0 unspecified atom stereocenters. The Balaban J connectivity index is 1.99. The zero-order valence-electron chi connectivity index (χ0n) is 10.6. The van der Waals surface area contributed by atoms with Crippen LogP contribution in [0.3, 0.4) is 0 Å². The van der Waals surface area contributed by atoms with Crippen molar-refractivity contribution >= 4 is 21.8 Å². The molecule has 0 saturated carbocycles.